The van der Waals surface area contributed by atoms with Gasteiger partial charge < -0.3 is 9.84 Å². The average molecular weight is 328 g/mol. The van der Waals surface area contributed by atoms with Crippen LogP contribution in [-0.4, -0.2) is 17.8 Å². The van der Waals surface area contributed by atoms with Crippen molar-refractivity contribution in [3.63, 3.8) is 0 Å². The molecule has 1 aromatic rings. The van der Waals surface area contributed by atoms with Gasteiger partial charge in [-0.25, -0.2) is 0 Å². The van der Waals surface area contributed by atoms with Gasteiger partial charge in [-0.05, 0) is 70.6 Å². The van der Waals surface area contributed by atoms with Gasteiger partial charge in [-0.1, -0.05) is 48.1 Å². The predicted molar refractivity (Wildman–Crippen MR) is 104 cm³/mol. The summed E-state index contributed by atoms with van der Waals surface area (Å²) in [6, 6.07) is 8.26. The van der Waals surface area contributed by atoms with E-state index in [0.29, 0.717) is 0 Å². The molecule has 0 aliphatic heterocycles. The fourth-order valence-corrected chi connectivity index (χ4v) is 2.56. The number of aryl methyl sites for hydroxylation is 1. The molecule has 132 valence electrons. The third-order valence-corrected chi connectivity index (χ3v) is 4.10. The smallest absolute Gasteiger partial charge is 0.118 e. The lowest BCUT2D eigenvalue weighted by Gasteiger charge is -2.18. The molecule has 0 aliphatic carbocycles. The Morgan fingerprint density at radius 3 is 2.54 bits per heavy atom. The van der Waals surface area contributed by atoms with Crippen LogP contribution in [0.4, 0.5) is 0 Å². The highest BCUT2D eigenvalue weighted by atomic mass is 16.5. The topological polar surface area (TPSA) is 29.5 Å². The number of hydrogen-bond donors (Lipinski definition) is 1. The normalized spacial score (nSPS) is 15.1. The third-order valence-electron chi connectivity index (χ3n) is 4.10. The summed E-state index contributed by atoms with van der Waals surface area (Å²) >= 11 is 0. The molecule has 0 aliphatic rings. The van der Waals surface area contributed by atoms with E-state index in [1.54, 1.807) is 7.11 Å². The van der Waals surface area contributed by atoms with Crippen LogP contribution in [0.3, 0.4) is 0 Å². The lowest BCUT2D eigenvalue weighted by molar-refractivity contribution is 0.0995. The number of methoxy groups -OCH3 is 1. The first-order chi connectivity index (χ1) is 11.5. The zero-order valence-electron chi connectivity index (χ0n) is 15.6. The number of ether oxygens (including phenoxy) is 1. The summed E-state index contributed by atoms with van der Waals surface area (Å²) in [4.78, 5) is 0. The predicted octanol–water partition coefficient (Wildman–Crippen LogP) is 5.63. The van der Waals surface area contributed by atoms with Crippen molar-refractivity contribution in [1.29, 1.82) is 0 Å². The second-order valence-corrected chi connectivity index (χ2v) is 6.53. The molecule has 0 unspecified atom stereocenters. The van der Waals surface area contributed by atoms with E-state index in [2.05, 4.69) is 25.1 Å². The first kappa shape index (κ1) is 20.2. The summed E-state index contributed by atoms with van der Waals surface area (Å²) in [6.07, 6.45) is 14.9. The number of aliphatic hydroxyl groups is 1. The van der Waals surface area contributed by atoms with Gasteiger partial charge in [0.15, 0.2) is 0 Å². The summed E-state index contributed by atoms with van der Waals surface area (Å²) in [5.74, 6) is 0.904. The fraction of sp³-hybridized carbons (Fsp3) is 0.455. The first-order valence-electron chi connectivity index (χ1n) is 8.78. The van der Waals surface area contributed by atoms with Gasteiger partial charge in [0.1, 0.15) is 5.75 Å². The van der Waals surface area contributed by atoms with Crippen LogP contribution in [0, 0.1) is 0 Å². The van der Waals surface area contributed by atoms with Crippen LogP contribution < -0.4 is 4.74 Å². The van der Waals surface area contributed by atoms with Crippen molar-refractivity contribution in [3.05, 3.63) is 65.8 Å². The van der Waals surface area contributed by atoms with Gasteiger partial charge in [0.25, 0.3) is 0 Å². The standard InChI is InChI=1S/C22H32O2/c1-5-6-7-17-22(3,23)18-9-11-19(2)10-8-12-20-13-15-21(24-4)16-14-20/h5-7,10,13-17,23H,8-9,11-12,18H2,1-4H3/b6-5+,17-7+,19-10+/t22-/m1/s1. The van der Waals surface area contributed by atoms with Crippen molar-refractivity contribution in [3.8, 4) is 5.75 Å². The van der Waals surface area contributed by atoms with Gasteiger partial charge in [0.2, 0.25) is 0 Å². The van der Waals surface area contributed by atoms with Crippen molar-refractivity contribution < 1.29 is 9.84 Å². The van der Waals surface area contributed by atoms with Crippen LogP contribution in [0.2, 0.25) is 0 Å². The fourth-order valence-electron chi connectivity index (χ4n) is 2.56. The van der Waals surface area contributed by atoms with Crippen LogP contribution in [0.1, 0.15) is 52.0 Å². The van der Waals surface area contributed by atoms with Crippen molar-refractivity contribution in [2.75, 3.05) is 7.11 Å². The van der Waals surface area contributed by atoms with Crippen LogP contribution in [0.15, 0.2) is 60.2 Å². The van der Waals surface area contributed by atoms with Gasteiger partial charge in [-0.15, -0.1) is 0 Å². The first-order valence-corrected chi connectivity index (χ1v) is 8.78. The van der Waals surface area contributed by atoms with Gasteiger partial charge >= 0.3 is 0 Å². The monoisotopic (exact) mass is 328 g/mol. The molecular weight excluding hydrogens is 296 g/mol. The molecular formula is C22H32O2. The van der Waals surface area contributed by atoms with Crippen molar-refractivity contribution >= 4 is 0 Å². The maximum atomic E-state index is 10.3. The Bertz CT molecular complexity index is 548. The lowest BCUT2D eigenvalue weighted by atomic mass is 9.96. The summed E-state index contributed by atoms with van der Waals surface area (Å²) in [6.45, 7) is 6.02. The molecule has 0 fully saturated rings. The van der Waals surface area contributed by atoms with Gasteiger partial charge in [0.05, 0.1) is 12.7 Å². The van der Waals surface area contributed by atoms with Crippen LogP contribution in [0.5, 0.6) is 5.75 Å². The van der Waals surface area contributed by atoms with E-state index >= 15 is 0 Å². The molecule has 0 aromatic heterocycles. The Morgan fingerprint density at radius 2 is 1.92 bits per heavy atom. The van der Waals surface area contributed by atoms with E-state index in [1.165, 1.54) is 11.1 Å². The van der Waals surface area contributed by atoms with E-state index < -0.39 is 5.60 Å². The minimum atomic E-state index is -0.719. The molecule has 2 heteroatoms. The van der Waals surface area contributed by atoms with Crippen LogP contribution >= 0.6 is 0 Å². The number of allylic oxidation sites excluding steroid dienone is 5. The largest absolute Gasteiger partial charge is 0.497 e. The SMILES string of the molecule is C/C=C/C=C/[C@@](C)(O)CCC/C(C)=C/CCc1ccc(OC)cc1. The lowest BCUT2D eigenvalue weighted by Crippen LogP contribution is -2.20. The molecule has 0 saturated heterocycles. The van der Waals surface area contributed by atoms with Gasteiger partial charge in [-0.3, -0.25) is 0 Å². The maximum absolute atomic E-state index is 10.3. The van der Waals surface area contributed by atoms with Crippen molar-refractivity contribution in [2.45, 2.75) is 58.5 Å². The minimum absolute atomic E-state index is 0.719. The highest BCUT2D eigenvalue weighted by Gasteiger charge is 2.14. The second-order valence-electron chi connectivity index (χ2n) is 6.53. The van der Waals surface area contributed by atoms with Crippen molar-refractivity contribution in [1.82, 2.24) is 0 Å². The molecule has 2 nitrogen and oxygen atoms in total. The number of benzene rings is 1. The molecule has 0 spiro atoms. The Kier molecular flexibility index (Phi) is 9.18. The maximum Gasteiger partial charge on any atom is 0.118 e. The van der Waals surface area contributed by atoms with Crippen molar-refractivity contribution in [2.24, 2.45) is 0 Å². The van der Waals surface area contributed by atoms with Crippen LogP contribution in [-0.2, 0) is 6.42 Å². The van der Waals surface area contributed by atoms with Crippen LogP contribution in [0.25, 0.3) is 0 Å². The van der Waals surface area contributed by atoms with E-state index in [4.69, 9.17) is 4.74 Å². The Labute approximate surface area is 147 Å². The molecule has 1 aromatic carbocycles. The highest BCUT2D eigenvalue weighted by Crippen LogP contribution is 2.18. The molecule has 0 heterocycles. The summed E-state index contributed by atoms with van der Waals surface area (Å²) in [7, 11) is 1.69. The summed E-state index contributed by atoms with van der Waals surface area (Å²) < 4.78 is 5.17. The molecule has 0 amide bonds. The van der Waals surface area contributed by atoms with E-state index in [0.717, 1.165) is 37.9 Å². The van der Waals surface area contributed by atoms with E-state index in [1.807, 2.05) is 50.3 Å². The second kappa shape index (κ2) is 10.9. The Hall–Kier alpha value is -1.80. The summed E-state index contributed by atoms with van der Waals surface area (Å²) in [5.41, 5.74) is 2.01. The Balaban J connectivity index is 2.31. The van der Waals surface area contributed by atoms with E-state index in [-0.39, 0.29) is 0 Å². The number of hydrogen-bond acceptors (Lipinski definition) is 2. The zero-order chi connectivity index (χ0) is 17.8. The molecule has 1 atom stereocenters. The quantitative estimate of drug-likeness (QED) is 0.445. The van der Waals surface area contributed by atoms with Gasteiger partial charge in [-0.2, -0.15) is 0 Å². The molecule has 1 N–H and O–H groups in total. The van der Waals surface area contributed by atoms with Gasteiger partial charge in [0, 0.05) is 0 Å². The third kappa shape index (κ3) is 8.73. The Morgan fingerprint density at radius 1 is 1.21 bits per heavy atom. The average Bonchev–Trinajstić information content (AvgIpc) is 2.55. The molecule has 24 heavy (non-hydrogen) atoms. The molecule has 0 radical (unpaired) electrons. The molecule has 0 saturated carbocycles. The summed E-state index contributed by atoms with van der Waals surface area (Å²) in [5, 5.41) is 10.3. The van der Waals surface area contributed by atoms with E-state index in [9.17, 15) is 5.11 Å². The number of rotatable bonds is 10. The molecule has 0 bridgehead atoms. The molecule has 1 rings (SSSR count). The zero-order valence-corrected chi connectivity index (χ0v) is 15.6. The highest BCUT2D eigenvalue weighted by molar-refractivity contribution is 5.27. The minimum Gasteiger partial charge on any atom is -0.497 e.